The van der Waals surface area contributed by atoms with Crippen LogP contribution in [0.25, 0.3) is 16.9 Å². The first kappa shape index (κ1) is 14.4. The predicted molar refractivity (Wildman–Crippen MR) is 89.5 cm³/mol. The Bertz CT molecular complexity index is 856. The van der Waals surface area contributed by atoms with Gasteiger partial charge >= 0.3 is 0 Å². The number of halogens is 3. The Morgan fingerprint density at radius 3 is 2.43 bits per heavy atom. The van der Waals surface area contributed by atoms with Crippen LogP contribution in [0, 0.1) is 0 Å². The summed E-state index contributed by atoms with van der Waals surface area (Å²) < 4.78 is 1.85. The Balaban J connectivity index is 2.20. The van der Waals surface area contributed by atoms with Crippen molar-refractivity contribution in [1.82, 2.24) is 9.78 Å². The summed E-state index contributed by atoms with van der Waals surface area (Å²) in [6.45, 7) is 0. The molecule has 0 saturated carbocycles. The van der Waals surface area contributed by atoms with Crippen LogP contribution in [0.5, 0.6) is 0 Å². The van der Waals surface area contributed by atoms with Crippen LogP contribution in [0.3, 0.4) is 0 Å². The fourth-order valence-corrected chi connectivity index (χ4v) is 3.03. The van der Waals surface area contributed by atoms with E-state index >= 15 is 0 Å². The van der Waals surface area contributed by atoms with E-state index in [1.165, 1.54) is 4.68 Å². The summed E-state index contributed by atoms with van der Waals surface area (Å²) in [4.78, 5) is 12.4. The fraction of sp³-hybridized carbons (Fsp3) is 0. The summed E-state index contributed by atoms with van der Waals surface area (Å²) in [5.41, 5.74) is 1.95. The molecule has 0 unspecified atom stereocenters. The number of benzene rings is 2. The van der Waals surface area contributed by atoms with Crippen molar-refractivity contribution in [2.75, 3.05) is 0 Å². The Morgan fingerprint density at radius 1 is 1.05 bits per heavy atom. The zero-order chi connectivity index (χ0) is 15.0. The quantitative estimate of drug-likeness (QED) is 0.671. The van der Waals surface area contributed by atoms with Crippen LogP contribution >= 0.6 is 39.1 Å². The van der Waals surface area contributed by atoms with E-state index in [0.717, 1.165) is 5.56 Å². The van der Waals surface area contributed by atoms with Gasteiger partial charge in [-0.1, -0.05) is 53.5 Å². The van der Waals surface area contributed by atoms with Crippen LogP contribution in [0.1, 0.15) is 0 Å². The summed E-state index contributed by atoms with van der Waals surface area (Å²) in [7, 11) is 0. The lowest BCUT2D eigenvalue weighted by molar-refractivity contribution is 0.852. The molecule has 106 valence electrons. The minimum Gasteiger partial charge on any atom is -0.289 e. The highest BCUT2D eigenvalue weighted by Crippen LogP contribution is 2.27. The number of hydrogen-bond donors (Lipinski definition) is 1. The number of rotatable bonds is 2. The lowest BCUT2D eigenvalue weighted by Gasteiger charge is -2.05. The first-order valence-electron chi connectivity index (χ1n) is 6.09. The van der Waals surface area contributed by atoms with Crippen molar-refractivity contribution in [3.8, 4) is 16.9 Å². The molecule has 6 heteroatoms. The molecule has 0 bridgehead atoms. The van der Waals surface area contributed by atoms with Crippen LogP contribution in [0.4, 0.5) is 0 Å². The van der Waals surface area contributed by atoms with E-state index in [9.17, 15) is 4.79 Å². The van der Waals surface area contributed by atoms with E-state index in [2.05, 4.69) is 21.0 Å². The van der Waals surface area contributed by atoms with Gasteiger partial charge in [-0.3, -0.25) is 9.89 Å². The molecule has 0 fully saturated rings. The summed E-state index contributed by atoms with van der Waals surface area (Å²) in [6.07, 6.45) is 0. The van der Waals surface area contributed by atoms with E-state index in [1.54, 1.807) is 18.2 Å². The summed E-state index contributed by atoms with van der Waals surface area (Å²) >= 11 is 15.4. The van der Waals surface area contributed by atoms with Gasteiger partial charge in [0.15, 0.2) is 0 Å². The van der Waals surface area contributed by atoms with Crippen molar-refractivity contribution in [3.05, 3.63) is 73.4 Å². The maximum Gasteiger partial charge on any atom is 0.286 e. The Kier molecular flexibility index (Phi) is 3.93. The zero-order valence-corrected chi connectivity index (χ0v) is 13.7. The van der Waals surface area contributed by atoms with E-state index < -0.39 is 0 Å². The van der Waals surface area contributed by atoms with Crippen molar-refractivity contribution in [2.45, 2.75) is 0 Å². The standard InChI is InChI=1S/C15H9BrCl2N2O/c16-13-14(9-4-2-1-3-5-9)19-20(15(13)21)12-7-6-10(17)8-11(12)18/h1-8,19H. The van der Waals surface area contributed by atoms with Gasteiger partial charge in [0, 0.05) is 10.6 Å². The van der Waals surface area contributed by atoms with Crippen LogP contribution in [0.15, 0.2) is 57.8 Å². The Labute approximate surface area is 139 Å². The Morgan fingerprint density at radius 2 is 1.76 bits per heavy atom. The molecule has 0 saturated heterocycles. The lowest BCUT2D eigenvalue weighted by atomic mass is 10.2. The van der Waals surface area contributed by atoms with Crippen molar-refractivity contribution >= 4 is 39.1 Å². The molecular formula is C15H9BrCl2N2O. The van der Waals surface area contributed by atoms with Gasteiger partial charge in [-0.05, 0) is 34.1 Å². The molecule has 0 spiro atoms. The largest absolute Gasteiger partial charge is 0.289 e. The zero-order valence-electron chi connectivity index (χ0n) is 10.6. The summed E-state index contributed by atoms with van der Waals surface area (Å²) in [5.74, 6) is 0. The van der Waals surface area contributed by atoms with Gasteiger partial charge in [0.2, 0.25) is 0 Å². The van der Waals surface area contributed by atoms with Gasteiger partial charge < -0.3 is 0 Å². The van der Waals surface area contributed by atoms with Crippen LogP contribution in [-0.2, 0) is 0 Å². The maximum atomic E-state index is 12.4. The SMILES string of the molecule is O=c1c(Br)c(-c2ccccc2)[nH]n1-c1ccc(Cl)cc1Cl. The number of H-pyrrole nitrogens is 1. The smallest absolute Gasteiger partial charge is 0.286 e. The molecule has 0 aliphatic heterocycles. The molecule has 0 amide bonds. The van der Waals surface area contributed by atoms with E-state index in [4.69, 9.17) is 23.2 Å². The number of nitrogens with one attached hydrogen (secondary N) is 1. The maximum absolute atomic E-state index is 12.4. The molecular weight excluding hydrogens is 375 g/mol. The third-order valence-corrected chi connectivity index (χ3v) is 4.32. The molecule has 3 aromatic rings. The normalized spacial score (nSPS) is 10.8. The number of aromatic amines is 1. The topological polar surface area (TPSA) is 37.8 Å². The third-order valence-electron chi connectivity index (χ3n) is 3.05. The van der Waals surface area contributed by atoms with Crippen molar-refractivity contribution in [3.63, 3.8) is 0 Å². The highest BCUT2D eigenvalue weighted by atomic mass is 79.9. The van der Waals surface area contributed by atoms with E-state index in [-0.39, 0.29) is 5.56 Å². The predicted octanol–water partition coefficient (Wildman–Crippen LogP) is 4.90. The summed E-state index contributed by atoms with van der Waals surface area (Å²) in [6, 6.07) is 14.6. The molecule has 0 aliphatic rings. The van der Waals surface area contributed by atoms with Gasteiger partial charge in [0.1, 0.15) is 4.47 Å². The van der Waals surface area contributed by atoms with Crippen LogP contribution in [-0.4, -0.2) is 9.78 Å². The monoisotopic (exact) mass is 382 g/mol. The first-order valence-corrected chi connectivity index (χ1v) is 7.64. The molecule has 21 heavy (non-hydrogen) atoms. The van der Waals surface area contributed by atoms with Gasteiger partial charge in [-0.15, -0.1) is 0 Å². The number of aromatic nitrogens is 2. The highest BCUT2D eigenvalue weighted by molar-refractivity contribution is 9.10. The van der Waals surface area contributed by atoms with E-state index in [1.807, 2.05) is 30.3 Å². The lowest BCUT2D eigenvalue weighted by Crippen LogP contribution is -2.15. The van der Waals surface area contributed by atoms with Gasteiger partial charge in [-0.25, -0.2) is 4.68 Å². The molecule has 1 N–H and O–H groups in total. The Hall–Kier alpha value is -1.49. The molecule has 1 aromatic heterocycles. The second-order valence-corrected chi connectivity index (χ2v) is 6.04. The van der Waals surface area contributed by atoms with E-state index in [0.29, 0.717) is 25.9 Å². The van der Waals surface area contributed by atoms with Gasteiger partial charge in [-0.2, -0.15) is 0 Å². The molecule has 1 heterocycles. The number of hydrogen-bond acceptors (Lipinski definition) is 1. The molecule has 2 aromatic carbocycles. The second kappa shape index (κ2) is 5.72. The van der Waals surface area contributed by atoms with Crippen molar-refractivity contribution in [1.29, 1.82) is 0 Å². The van der Waals surface area contributed by atoms with Crippen LogP contribution < -0.4 is 5.56 Å². The van der Waals surface area contributed by atoms with Crippen LogP contribution in [0.2, 0.25) is 10.0 Å². The average Bonchev–Trinajstić information content (AvgIpc) is 2.77. The van der Waals surface area contributed by atoms with Crippen molar-refractivity contribution < 1.29 is 0 Å². The molecule has 0 atom stereocenters. The van der Waals surface area contributed by atoms with Gasteiger partial charge in [0.05, 0.1) is 16.4 Å². The second-order valence-electron chi connectivity index (χ2n) is 4.40. The molecule has 0 aliphatic carbocycles. The molecule has 3 nitrogen and oxygen atoms in total. The highest BCUT2D eigenvalue weighted by Gasteiger charge is 2.16. The average molecular weight is 384 g/mol. The minimum absolute atomic E-state index is 0.210. The summed E-state index contributed by atoms with van der Waals surface area (Å²) in [5, 5.41) is 3.99. The number of nitrogens with zero attached hydrogens (tertiary/aromatic N) is 1. The molecule has 0 radical (unpaired) electrons. The first-order chi connectivity index (χ1) is 10.1. The molecule has 3 rings (SSSR count). The minimum atomic E-state index is -0.210. The fourth-order valence-electron chi connectivity index (χ4n) is 2.05. The van der Waals surface area contributed by atoms with Crippen molar-refractivity contribution in [2.24, 2.45) is 0 Å². The third kappa shape index (κ3) is 2.67. The van der Waals surface area contributed by atoms with Gasteiger partial charge in [0.25, 0.3) is 5.56 Å².